The van der Waals surface area contributed by atoms with E-state index in [4.69, 9.17) is 9.84 Å². The maximum absolute atomic E-state index is 12.6. The largest absolute Gasteiger partial charge is 0.478 e. The van der Waals surface area contributed by atoms with Gasteiger partial charge in [-0.05, 0) is 83.3 Å². The van der Waals surface area contributed by atoms with E-state index in [-0.39, 0.29) is 33.2 Å². The molecule has 0 atom stereocenters. The number of rotatable bonds is 7. The van der Waals surface area contributed by atoms with Crippen molar-refractivity contribution >= 4 is 50.2 Å². The summed E-state index contributed by atoms with van der Waals surface area (Å²) in [6.45, 7) is 0. The highest BCUT2D eigenvalue weighted by Gasteiger charge is 2.19. The zero-order valence-corrected chi connectivity index (χ0v) is 18.0. The first kappa shape index (κ1) is 21.6. The molecule has 0 unspecified atom stereocenters. The van der Waals surface area contributed by atoms with Gasteiger partial charge in [0.1, 0.15) is 11.5 Å². The fourth-order valence-electron chi connectivity index (χ4n) is 2.50. The second-order valence-electron chi connectivity index (χ2n) is 6.01. The third-order valence-corrected chi connectivity index (χ3v) is 6.01. The van der Waals surface area contributed by atoms with E-state index in [1.165, 1.54) is 48.5 Å². The van der Waals surface area contributed by atoms with Crippen molar-refractivity contribution in [1.82, 2.24) is 0 Å². The van der Waals surface area contributed by atoms with Crippen LogP contribution in [0.3, 0.4) is 0 Å². The number of hydrogen-bond donors (Lipinski definition) is 3. The lowest BCUT2D eigenvalue weighted by Gasteiger charge is -2.13. The monoisotopic (exact) mass is 539 g/mol. The summed E-state index contributed by atoms with van der Waals surface area (Å²) in [6, 6.07) is 15.5. The molecule has 0 spiro atoms. The summed E-state index contributed by atoms with van der Waals surface area (Å²) >= 11 is 2.04. The molecule has 0 saturated carbocycles. The Labute approximate surface area is 185 Å². The van der Waals surface area contributed by atoms with E-state index in [2.05, 4.69) is 4.72 Å². The Morgan fingerprint density at radius 2 is 1.53 bits per heavy atom. The number of halogens is 1. The molecule has 10 heteroatoms. The number of nitrogens with one attached hydrogen (secondary N) is 1. The SMILES string of the molecule is O=C(O)c1cccc(Oc2ccc(NS(=O)(=O)c3ccc(I)cc3)c(C(=O)O)c2)c1. The summed E-state index contributed by atoms with van der Waals surface area (Å²) in [5, 5.41) is 18.6. The van der Waals surface area contributed by atoms with Crippen molar-refractivity contribution in [3.63, 3.8) is 0 Å². The van der Waals surface area contributed by atoms with Gasteiger partial charge in [0.2, 0.25) is 0 Å². The average Bonchev–Trinajstić information content (AvgIpc) is 2.69. The van der Waals surface area contributed by atoms with E-state index in [0.717, 1.165) is 9.64 Å². The summed E-state index contributed by atoms with van der Waals surface area (Å²) in [5.74, 6) is -2.20. The molecule has 0 bridgehead atoms. The number of anilines is 1. The van der Waals surface area contributed by atoms with Crippen molar-refractivity contribution in [3.05, 3.63) is 81.4 Å². The summed E-state index contributed by atoms with van der Waals surface area (Å²) in [6.07, 6.45) is 0. The number of carboxylic acids is 2. The summed E-state index contributed by atoms with van der Waals surface area (Å²) in [5.41, 5.74) is -0.448. The van der Waals surface area contributed by atoms with Gasteiger partial charge in [-0.3, -0.25) is 4.72 Å². The second-order valence-corrected chi connectivity index (χ2v) is 8.94. The van der Waals surface area contributed by atoms with Gasteiger partial charge >= 0.3 is 11.9 Å². The molecule has 3 aromatic carbocycles. The van der Waals surface area contributed by atoms with Gasteiger partial charge < -0.3 is 14.9 Å². The van der Waals surface area contributed by atoms with Crippen LogP contribution in [0.25, 0.3) is 0 Å². The first-order chi connectivity index (χ1) is 14.2. The van der Waals surface area contributed by atoms with Crippen molar-refractivity contribution in [2.75, 3.05) is 4.72 Å². The van der Waals surface area contributed by atoms with Gasteiger partial charge in [0.25, 0.3) is 10.0 Å². The molecular weight excluding hydrogens is 525 g/mol. The van der Waals surface area contributed by atoms with Crippen LogP contribution in [-0.4, -0.2) is 30.6 Å². The van der Waals surface area contributed by atoms with E-state index >= 15 is 0 Å². The molecule has 8 nitrogen and oxygen atoms in total. The lowest BCUT2D eigenvalue weighted by molar-refractivity contribution is 0.0686. The van der Waals surface area contributed by atoms with E-state index < -0.39 is 22.0 Å². The lowest BCUT2D eigenvalue weighted by atomic mass is 10.1. The van der Waals surface area contributed by atoms with Crippen LogP contribution < -0.4 is 9.46 Å². The third kappa shape index (κ3) is 5.07. The van der Waals surface area contributed by atoms with Crippen LogP contribution >= 0.6 is 22.6 Å². The lowest BCUT2D eigenvalue weighted by Crippen LogP contribution is -2.15. The molecule has 0 aliphatic rings. The Hall–Kier alpha value is -3.12. The van der Waals surface area contributed by atoms with Crippen molar-refractivity contribution in [2.45, 2.75) is 4.90 Å². The Morgan fingerprint density at radius 3 is 2.17 bits per heavy atom. The predicted molar refractivity (Wildman–Crippen MR) is 117 cm³/mol. The van der Waals surface area contributed by atoms with Crippen LogP contribution in [0.4, 0.5) is 5.69 Å². The zero-order chi connectivity index (χ0) is 21.9. The minimum Gasteiger partial charge on any atom is -0.478 e. The van der Waals surface area contributed by atoms with Crippen molar-refractivity contribution in [3.8, 4) is 11.5 Å². The van der Waals surface area contributed by atoms with Crippen LogP contribution in [0.5, 0.6) is 11.5 Å². The van der Waals surface area contributed by atoms with E-state index in [1.54, 1.807) is 12.1 Å². The van der Waals surface area contributed by atoms with Crippen LogP contribution in [0, 0.1) is 3.57 Å². The van der Waals surface area contributed by atoms with Crippen LogP contribution in [-0.2, 0) is 10.0 Å². The Balaban J connectivity index is 1.90. The number of carbonyl (C=O) groups is 2. The molecule has 30 heavy (non-hydrogen) atoms. The van der Waals surface area contributed by atoms with Crippen LogP contribution in [0.2, 0.25) is 0 Å². The first-order valence-corrected chi connectivity index (χ1v) is 10.9. The maximum Gasteiger partial charge on any atom is 0.337 e. The van der Waals surface area contributed by atoms with E-state index in [0.29, 0.717) is 0 Å². The minimum atomic E-state index is -4.00. The smallest absolute Gasteiger partial charge is 0.337 e. The molecule has 0 radical (unpaired) electrons. The molecule has 0 saturated heterocycles. The Bertz CT molecular complexity index is 1220. The number of benzene rings is 3. The van der Waals surface area contributed by atoms with Gasteiger partial charge in [0.05, 0.1) is 21.7 Å². The quantitative estimate of drug-likeness (QED) is 0.382. The molecule has 0 aromatic heterocycles. The number of ether oxygens (including phenoxy) is 1. The molecule has 0 fully saturated rings. The summed E-state index contributed by atoms with van der Waals surface area (Å²) in [4.78, 5) is 22.7. The molecule has 3 aromatic rings. The average molecular weight is 539 g/mol. The standard InChI is InChI=1S/C20H14INO7S/c21-13-4-7-16(8-5-13)30(27,28)22-18-9-6-15(11-17(18)20(25)26)29-14-3-1-2-12(10-14)19(23)24/h1-11,22H,(H,23,24)(H,25,26). The zero-order valence-electron chi connectivity index (χ0n) is 15.1. The van der Waals surface area contributed by atoms with Crippen LogP contribution in [0.15, 0.2) is 71.6 Å². The minimum absolute atomic E-state index is 0.00728. The predicted octanol–water partition coefficient (Wildman–Crippen LogP) is 4.28. The van der Waals surface area contributed by atoms with Crippen LogP contribution in [0.1, 0.15) is 20.7 Å². The summed E-state index contributed by atoms with van der Waals surface area (Å²) < 4.78 is 33.8. The van der Waals surface area contributed by atoms with Crippen molar-refractivity contribution < 1.29 is 33.0 Å². The van der Waals surface area contributed by atoms with Crippen molar-refractivity contribution in [1.29, 1.82) is 0 Å². The molecule has 0 amide bonds. The molecule has 0 aliphatic heterocycles. The highest BCUT2D eigenvalue weighted by atomic mass is 127. The van der Waals surface area contributed by atoms with Gasteiger partial charge in [0.15, 0.2) is 0 Å². The summed E-state index contributed by atoms with van der Waals surface area (Å²) in [7, 11) is -4.00. The fourth-order valence-corrected chi connectivity index (χ4v) is 3.94. The first-order valence-electron chi connectivity index (χ1n) is 8.33. The molecule has 0 aliphatic carbocycles. The highest BCUT2D eigenvalue weighted by Crippen LogP contribution is 2.29. The van der Waals surface area contributed by atoms with Gasteiger partial charge in [0, 0.05) is 3.57 Å². The van der Waals surface area contributed by atoms with E-state index in [9.17, 15) is 23.1 Å². The highest BCUT2D eigenvalue weighted by molar-refractivity contribution is 14.1. The Morgan fingerprint density at radius 1 is 0.867 bits per heavy atom. The number of aromatic carboxylic acids is 2. The van der Waals surface area contributed by atoms with Crippen molar-refractivity contribution in [2.24, 2.45) is 0 Å². The second kappa shape index (κ2) is 8.71. The normalized spacial score (nSPS) is 11.0. The van der Waals surface area contributed by atoms with E-state index in [1.807, 2.05) is 22.6 Å². The maximum atomic E-state index is 12.6. The third-order valence-electron chi connectivity index (χ3n) is 3.91. The Kier molecular flexibility index (Phi) is 6.27. The number of sulfonamides is 1. The number of hydrogen-bond acceptors (Lipinski definition) is 5. The topological polar surface area (TPSA) is 130 Å². The van der Waals surface area contributed by atoms with Gasteiger partial charge in [-0.25, -0.2) is 18.0 Å². The molecule has 3 rings (SSSR count). The fraction of sp³-hybridized carbons (Fsp3) is 0. The van der Waals surface area contributed by atoms with Gasteiger partial charge in [-0.2, -0.15) is 0 Å². The molecule has 0 heterocycles. The van der Waals surface area contributed by atoms with Gasteiger partial charge in [-0.15, -0.1) is 0 Å². The molecule has 3 N–H and O–H groups in total. The molecule has 154 valence electrons. The molecular formula is C20H14INO7S. The number of carboxylic acid groups (broad SMARTS) is 2. The van der Waals surface area contributed by atoms with Gasteiger partial charge in [-0.1, -0.05) is 6.07 Å².